The van der Waals surface area contributed by atoms with E-state index in [-0.39, 0.29) is 18.6 Å². The van der Waals surface area contributed by atoms with Gasteiger partial charge in [0.25, 0.3) is 5.56 Å². The van der Waals surface area contributed by atoms with Crippen molar-refractivity contribution < 1.29 is 14.9 Å². The van der Waals surface area contributed by atoms with Gasteiger partial charge < -0.3 is 14.9 Å². The van der Waals surface area contributed by atoms with Crippen LogP contribution in [-0.2, 0) is 17.7 Å². The first kappa shape index (κ1) is 18.6. The Morgan fingerprint density at radius 2 is 1.96 bits per heavy atom. The van der Waals surface area contributed by atoms with Crippen molar-refractivity contribution in [2.24, 2.45) is 0 Å². The molecule has 0 radical (unpaired) electrons. The lowest BCUT2D eigenvalue weighted by Crippen LogP contribution is -2.42. The fourth-order valence-electron chi connectivity index (χ4n) is 3.30. The van der Waals surface area contributed by atoms with Crippen molar-refractivity contribution >= 4 is 0 Å². The summed E-state index contributed by atoms with van der Waals surface area (Å²) in [6.45, 7) is 1.65. The molecule has 1 aliphatic rings. The molecule has 2 N–H and O–H groups in total. The van der Waals surface area contributed by atoms with E-state index in [1.54, 1.807) is 6.92 Å². The maximum absolute atomic E-state index is 12.8. The number of aryl methyl sites for hydroxylation is 2. The van der Waals surface area contributed by atoms with E-state index >= 15 is 0 Å². The van der Waals surface area contributed by atoms with Gasteiger partial charge in [-0.05, 0) is 25.3 Å². The van der Waals surface area contributed by atoms with Gasteiger partial charge in [0.15, 0.2) is 0 Å². The summed E-state index contributed by atoms with van der Waals surface area (Å²) < 4.78 is 8.13. The van der Waals surface area contributed by atoms with Crippen LogP contribution in [0.5, 0.6) is 0 Å². The highest BCUT2D eigenvalue weighted by Crippen LogP contribution is 2.27. The predicted octanol–water partition coefficient (Wildman–Crippen LogP) is 0.592. The lowest BCUT2D eigenvalue weighted by molar-refractivity contribution is -0.0464. The van der Waals surface area contributed by atoms with E-state index in [0.717, 1.165) is 12.0 Å². The Balaban J connectivity index is 1.81. The normalized spacial score (nSPS) is 22.7. The molecule has 2 heterocycles. The summed E-state index contributed by atoms with van der Waals surface area (Å²) in [6.07, 6.45) is 0.861. The average molecular weight is 360 g/mol. The van der Waals surface area contributed by atoms with Gasteiger partial charge in [-0.15, -0.1) is 0 Å². The summed E-state index contributed by atoms with van der Waals surface area (Å²) in [7, 11) is 0. The maximum atomic E-state index is 12.8. The molecule has 140 valence electrons. The van der Waals surface area contributed by atoms with Gasteiger partial charge in [0.2, 0.25) is 0 Å². The second kappa shape index (κ2) is 7.99. The molecule has 0 aliphatic carbocycles. The fraction of sp³-hybridized carbons (Fsp3) is 0.474. The Kier molecular flexibility index (Phi) is 5.70. The summed E-state index contributed by atoms with van der Waals surface area (Å²) in [6, 6.07) is 9.89. The summed E-state index contributed by atoms with van der Waals surface area (Å²) in [4.78, 5) is 25.2. The molecule has 7 heteroatoms. The molecule has 3 rings (SSSR count). The van der Waals surface area contributed by atoms with Crippen LogP contribution in [0.2, 0.25) is 0 Å². The van der Waals surface area contributed by atoms with Gasteiger partial charge >= 0.3 is 5.69 Å². The molecule has 3 atom stereocenters. The number of aromatic nitrogens is 2. The zero-order valence-electron chi connectivity index (χ0n) is 14.7. The van der Waals surface area contributed by atoms with Crippen molar-refractivity contribution in [3.05, 3.63) is 68.5 Å². The number of aliphatic hydroxyl groups is 2. The molecular weight excluding hydrogens is 336 g/mol. The highest BCUT2D eigenvalue weighted by Gasteiger charge is 2.35. The summed E-state index contributed by atoms with van der Waals surface area (Å²) >= 11 is 0. The van der Waals surface area contributed by atoms with Crippen molar-refractivity contribution in [2.45, 2.75) is 51.2 Å². The van der Waals surface area contributed by atoms with E-state index in [4.69, 9.17) is 4.74 Å². The molecule has 1 aliphatic heterocycles. The van der Waals surface area contributed by atoms with E-state index in [1.807, 2.05) is 30.3 Å². The third kappa shape index (κ3) is 3.80. The molecule has 0 spiro atoms. The molecular formula is C19H24N2O5. The van der Waals surface area contributed by atoms with Crippen LogP contribution in [0.25, 0.3) is 0 Å². The molecule has 1 fully saturated rings. The average Bonchev–Trinajstić information content (AvgIpc) is 3.02. The topological polar surface area (TPSA) is 93.7 Å². The van der Waals surface area contributed by atoms with Crippen LogP contribution < -0.4 is 11.2 Å². The van der Waals surface area contributed by atoms with E-state index in [0.29, 0.717) is 18.5 Å². The Labute approximate surface area is 151 Å². The van der Waals surface area contributed by atoms with Crippen LogP contribution in [0, 0.1) is 6.92 Å². The maximum Gasteiger partial charge on any atom is 0.333 e. The molecule has 1 aromatic carbocycles. The van der Waals surface area contributed by atoms with Crippen molar-refractivity contribution in [3.8, 4) is 0 Å². The smallest absolute Gasteiger partial charge is 0.333 e. The predicted molar refractivity (Wildman–Crippen MR) is 96.1 cm³/mol. The van der Waals surface area contributed by atoms with Gasteiger partial charge in [-0.1, -0.05) is 30.3 Å². The van der Waals surface area contributed by atoms with Crippen molar-refractivity contribution in [1.82, 2.24) is 9.13 Å². The minimum atomic E-state index is -0.837. The lowest BCUT2D eigenvalue weighted by atomic mass is 10.1. The van der Waals surface area contributed by atoms with Gasteiger partial charge in [-0.25, -0.2) is 4.79 Å². The van der Waals surface area contributed by atoms with Crippen molar-refractivity contribution in [2.75, 3.05) is 6.61 Å². The summed E-state index contributed by atoms with van der Waals surface area (Å²) in [5.41, 5.74) is 0.831. The third-order valence-corrected chi connectivity index (χ3v) is 4.75. The molecule has 2 aromatic rings. The molecule has 0 saturated carbocycles. The monoisotopic (exact) mass is 360 g/mol. The highest BCUT2D eigenvalue weighted by molar-refractivity contribution is 5.14. The minimum Gasteiger partial charge on any atom is -0.394 e. The molecule has 1 saturated heterocycles. The van der Waals surface area contributed by atoms with E-state index < -0.39 is 24.1 Å². The molecule has 7 nitrogen and oxygen atoms in total. The number of hydrogen-bond acceptors (Lipinski definition) is 5. The first-order chi connectivity index (χ1) is 12.5. The van der Waals surface area contributed by atoms with Crippen LogP contribution in [-0.4, -0.2) is 38.2 Å². The number of nitrogens with zero attached hydrogens (tertiary/aromatic N) is 2. The van der Waals surface area contributed by atoms with Crippen molar-refractivity contribution in [3.63, 3.8) is 0 Å². The molecule has 26 heavy (non-hydrogen) atoms. The van der Waals surface area contributed by atoms with Gasteiger partial charge in [-0.3, -0.25) is 13.9 Å². The van der Waals surface area contributed by atoms with E-state index in [2.05, 4.69) is 0 Å². The molecule has 0 bridgehead atoms. The Morgan fingerprint density at radius 3 is 2.62 bits per heavy atom. The number of aliphatic hydroxyl groups excluding tert-OH is 2. The largest absolute Gasteiger partial charge is 0.394 e. The highest BCUT2D eigenvalue weighted by atomic mass is 16.5. The quantitative estimate of drug-likeness (QED) is 0.786. The standard InChI is InChI=1S/C19H24N2O5/c1-13-11-21(17-10-15(23)16(12-22)26-17)19(25)20(18(13)24)9-5-8-14-6-3-2-4-7-14/h2-4,6-7,11,15-17,22-23H,5,8-10,12H2,1H3. The molecule has 1 aromatic heterocycles. The number of rotatable bonds is 6. The van der Waals surface area contributed by atoms with E-state index in [1.165, 1.54) is 15.3 Å². The zero-order chi connectivity index (χ0) is 18.7. The van der Waals surface area contributed by atoms with Crippen molar-refractivity contribution in [1.29, 1.82) is 0 Å². The van der Waals surface area contributed by atoms with E-state index in [9.17, 15) is 19.8 Å². The third-order valence-electron chi connectivity index (χ3n) is 4.75. The van der Waals surface area contributed by atoms with Crippen LogP contribution in [0.1, 0.15) is 30.2 Å². The second-order valence-corrected chi connectivity index (χ2v) is 6.66. The second-order valence-electron chi connectivity index (χ2n) is 6.66. The van der Waals surface area contributed by atoms with Crippen LogP contribution in [0.15, 0.2) is 46.1 Å². The summed E-state index contributed by atoms with van der Waals surface area (Å²) in [5, 5.41) is 19.1. The van der Waals surface area contributed by atoms with Gasteiger partial charge in [0, 0.05) is 24.7 Å². The minimum absolute atomic E-state index is 0.201. The molecule has 3 unspecified atom stereocenters. The zero-order valence-corrected chi connectivity index (χ0v) is 14.7. The Morgan fingerprint density at radius 1 is 1.23 bits per heavy atom. The van der Waals surface area contributed by atoms with Gasteiger partial charge in [0.05, 0.1) is 12.7 Å². The van der Waals surface area contributed by atoms with Crippen LogP contribution in [0.3, 0.4) is 0 Å². The number of ether oxygens (including phenoxy) is 1. The summed E-state index contributed by atoms with van der Waals surface area (Å²) in [5.74, 6) is 0. The van der Waals surface area contributed by atoms with Gasteiger partial charge in [-0.2, -0.15) is 0 Å². The molecule has 0 amide bonds. The fourth-order valence-corrected chi connectivity index (χ4v) is 3.30. The number of hydrogen-bond donors (Lipinski definition) is 2. The Bertz CT molecular complexity index is 858. The first-order valence-corrected chi connectivity index (χ1v) is 8.82. The lowest BCUT2D eigenvalue weighted by Gasteiger charge is -2.17. The first-order valence-electron chi connectivity index (χ1n) is 8.82. The van der Waals surface area contributed by atoms with Crippen LogP contribution >= 0.6 is 0 Å². The number of benzene rings is 1. The SMILES string of the molecule is Cc1cn(C2CC(O)C(CO)O2)c(=O)n(CCCc2ccccc2)c1=O. The Hall–Kier alpha value is -2.22. The van der Waals surface area contributed by atoms with Gasteiger partial charge in [0.1, 0.15) is 12.3 Å². The van der Waals surface area contributed by atoms with Crippen LogP contribution in [0.4, 0.5) is 0 Å².